The van der Waals surface area contributed by atoms with Gasteiger partial charge in [-0.15, -0.1) is 0 Å². The Kier molecular flexibility index (Phi) is 5.84. The van der Waals surface area contributed by atoms with E-state index in [0.29, 0.717) is 11.9 Å². The van der Waals surface area contributed by atoms with Crippen molar-refractivity contribution in [2.45, 2.75) is 33.1 Å². The molecule has 4 nitrogen and oxygen atoms in total. The fourth-order valence-electron chi connectivity index (χ4n) is 2.95. The lowest BCUT2D eigenvalue weighted by Gasteiger charge is -2.17. The van der Waals surface area contributed by atoms with E-state index in [1.165, 1.54) is 16.7 Å². The van der Waals surface area contributed by atoms with Gasteiger partial charge in [-0.05, 0) is 42.0 Å². The Labute approximate surface area is 155 Å². The zero-order valence-electron chi connectivity index (χ0n) is 15.7. The van der Waals surface area contributed by atoms with Gasteiger partial charge < -0.3 is 10.6 Å². The molecule has 1 aromatic heterocycles. The van der Waals surface area contributed by atoms with Gasteiger partial charge in [0.05, 0.1) is 0 Å². The number of hydrogen-bond acceptors (Lipinski definition) is 4. The molecule has 134 valence electrons. The Hall–Kier alpha value is -2.88. The van der Waals surface area contributed by atoms with Crippen molar-refractivity contribution in [2.24, 2.45) is 0 Å². The monoisotopic (exact) mass is 346 g/mol. The standard InChI is InChI=1S/C22H26N4/c1-16(2)19-11-7-8-17(3)21(19)25-20-13-15-24-22(26-20)23-14-12-18-9-5-4-6-10-18/h4-11,13,15-16H,12,14H2,1-3H3,(H2,23,24,25,26). The third-order valence-electron chi connectivity index (χ3n) is 4.38. The van der Waals surface area contributed by atoms with Crippen LogP contribution in [-0.2, 0) is 6.42 Å². The van der Waals surface area contributed by atoms with Gasteiger partial charge in [0.25, 0.3) is 0 Å². The highest BCUT2D eigenvalue weighted by molar-refractivity contribution is 5.65. The van der Waals surface area contributed by atoms with E-state index in [9.17, 15) is 0 Å². The molecule has 0 saturated carbocycles. The number of benzene rings is 2. The maximum absolute atomic E-state index is 4.61. The van der Waals surface area contributed by atoms with Gasteiger partial charge >= 0.3 is 0 Å². The van der Waals surface area contributed by atoms with E-state index in [4.69, 9.17) is 0 Å². The molecule has 0 spiro atoms. The average molecular weight is 346 g/mol. The maximum Gasteiger partial charge on any atom is 0.224 e. The highest BCUT2D eigenvalue weighted by Gasteiger charge is 2.10. The van der Waals surface area contributed by atoms with Crippen LogP contribution >= 0.6 is 0 Å². The number of para-hydroxylation sites is 1. The Morgan fingerprint density at radius 1 is 0.962 bits per heavy atom. The molecule has 0 atom stereocenters. The summed E-state index contributed by atoms with van der Waals surface area (Å²) in [7, 11) is 0. The van der Waals surface area contributed by atoms with E-state index in [1.54, 1.807) is 6.20 Å². The number of hydrogen-bond donors (Lipinski definition) is 2. The summed E-state index contributed by atoms with van der Waals surface area (Å²) in [5, 5.41) is 6.79. The summed E-state index contributed by atoms with van der Waals surface area (Å²) in [6, 6.07) is 18.7. The minimum atomic E-state index is 0.447. The van der Waals surface area contributed by atoms with Crippen LogP contribution in [0.2, 0.25) is 0 Å². The molecule has 0 saturated heterocycles. The highest BCUT2D eigenvalue weighted by atomic mass is 15.1. The first-order valence-electron chi connectivity index (χ1n) is 9.11. The van der Waals surface area contributed by atoms with Crippen LogP contribution in [-0.4, -0.2) is 16.5 Å². The van der Waals surface area contributed by atoms with Crippen LogP contribution in [0.5, 0.6) is 0 Å². The van der Waals surface area contributed by atoms with Crippen LogP contribution < -0.4 is 10.6 Å². The quantitative estimate of drug-likeness (QED) is 0.609. The summed E-state index contributed by atoms with van der Waals surface area (Å²) in [6.45, 7) is 7.33. The normalized spacial score (nSPS) is 10.8. The second kappa shape index (κ2) is 8.48. The van der Waals surface area contributed by atoms with Gasteiger partial charge in [0.15, 0.2) is 0 Å². The lowest BCUT2D eigenvalue weighted by molar-refractivity contribution is 0.867. The molecule has 3 aromatic rings. The number of anilines is 3. The third kappa shape index (κ3) is 4.60. The second-order valence-electron chi connectivity index (χ2n) is 6.75. The smallest absolute Gasteiger partial charge is 0.224 e. The van der Waals surface area contributed by atoms with Crippen LogP contribution in [0.1, 0.15) is 36.5 Å². The number of nitrogens with one attached hydrogen (secondary N) is 2. The predicted octanol–water partition coefficient (Wildman–Crippen LogP) is 5.31. The minimum absolute atomic E-state index is 0.447. The number of rotatable bonds is 7. The fraction of sp³-hybridized carbons (Fsp3) is 0.273. The predicted molar refractivity (Wildman–Crippen MR) is 109 cm³/mol. The van der Waals surface area contributed by atoms with Crippen molar-refractivity contribution in [2.75, 3.05) is 17.2 Å². The van der Waals surface area contributed by atoms with Gasteiger partial charge in [-0.3, -0.25) is 0 Å². The van der Waals surface area contributed by atoms with Gasteiger partial charge in [0.1, 0.15) is 5.82 Å². The van der Waals surface area contributed by atoms with E-state index in [0.717, 1.165) is 24.5 Å². The summed E-state index contributed by atoms with van der Waals surface area (Å²) in [4.78, 5) is 8.94. The first-order valence-corrected chi connectivity index (χ1v) is 9.11. The molecule has 0 aliphatic carbocycles. The zero-order valence-corrected chi connectivity index (χ0v) is 15.7. The second-order valence-corrected chi connectivity index (χ2v) is 6.75. The Morgan fingerprint density at radius 2 is 1.77 bits per heavy atom. The Balaban J connectivity index is 1.68. The Morgan fingerprint density at radius 3 is 2.54 bits per heavy atom. The first kappa shape index (κ1) is 17.9. The van der Waals surface area contributed by atoms with Gasteiger partial charge in [0.2, 0.25) is 5.95 Å². The van der Waals surface area contributed by atoms with Crippen molar-refractivity contribution >= 4 is 17.5 Å². The summed E-state index contributed by atoms with van der Waals surface area (Å²) in [6.07, 6.45) is 2.73. The molecule has 0 aliphatic rings. The van der Waals surface area contributed by atoms with Gasteiger partial charge in [0, 0.05) is 18.4 Å². The first-order chi connectivity index (χ1) is 12.6. The van der Waals surface area contributed by atoms with Crippen molar-refractivity contribution < 1.29 is 0 Å². The SMILES string of the molecule is Cc1cccc(C(C)C)c1Nc1ccnc(NCCc2ccccc2)n1. The fourth-order valence-corrected chi connectivity index (χ4v) is 2.95. The Bertz CT molecular complexity index is 844. The van der Waals surface area contributed by atoms with Crippen molar-refractivity contribution in [3.8, 4) is 0 Å². The summed E-state index contributed by atoms with van der Waals surface area (Å²) < 4.78 is 0. The molecule has 26 heavy (non-hydrogen) atoms. The van der Waals surface area contributed by atoms with Crippen LogP contribution in [0.4, 0.5) is 17.5 Å². The molecule has 3 rings (SSSR count). The molecule has 1 heterocycles. The average Bonchev–Trinajstić information content (AvgIpc) is 2.64. The summed E-state index contributed by atoms with van der Waals surface area (Å²) >= 11 is 0. The highest BCUT2D eigenvalue weighted by Crippen LogP contribution is 2.29. The lowest BCUT2D eigenvalue weighted by atomic mass is 9.98. The molecule has 0 aliphatic heterocycles. The van der Waals surface area contributed by atoms with Crippen LogP contribution in [0.15, 0.2) is 60.8 Å². The maximum atomic E-state index is 4.61. The third-order valence-corrected chi connectivity index (χ3v) is 4.38. The van der Waals surface area contributed by atoms with Gasteiger partial charge in [-0.2, -0.15) is 4.98 Å². The summed E-state index contributed by atoms with van der Waals surface area (Å²) in [5.74, 6) is 1.90. The van der Waals surface area contributed by atoms with Crippen LogP contribution in [0, 0.1) is 6.92 Å². The van der Waals surface area contributed by atoms with Gasteiger partial charge in [-0.1, -0.05) is 62.4 Å². The van der Waals surface area contributed by atoms with Crippen molar-refractivity contribution in [3.63, 3.8) is 0 Å². The largest absolute Gasteiger partial charge is 0.354 e. The van der Waals surface area contributed by atoms with Crippen molar-refractivity contribution in [1.29, 1.82) is 0 Å². The van der Waals surface area contributed by atoms with Gasteiger partial charge in [-0.25, -0.2) is 4.98 Å². The molecule has 2 N–H and O–H groups in total. The molecule has 0 amide bonds. The molecular formula is C22H26N4. The number of aryl methyl sites for hydroxylation is 1. The minimum Gasteiger partial charge on any atom is -0.354 e. The molecule has 0 fully saturated rings. The number of nitrogens with zero attached hydrogens (tertiary/aromatic N) is 2. The van der Waals surface area contributed by atoms with E-state index >= 15 is 0 Å². The summed E-state index contributed by atoms with van der Waals surface area (Å²) in [5.41, 5.74) is 4.95. The zero-order chi connectivity index (χ0) is 18.4. The van der Waals surface area contributed by atoms with E-state index in [2.05, 4.69) is 83.8 Å². The molecule has 0 radical (unpaired) electrons. The van der Waals surface area contributed by atoms with E-state index in [1.807, 2.05) is 12.1 Å². The molecule has 0 unspecified atom stereocenters. The van der Waals surface area contributed by atoms with Crippen LogP contribution in [0.25, 0.3) is 0 Å². The van der Waals surface area contributed by atoms with Crippen molar-refractivity contribution in [3.05, 3.63) is 77.5 Å². The topological polar surface area (TPSA) is 49.8 Å². The van der Waals surface area contributed by atoms with Crippen molar-refractivity contribution in [1.82, 2.24) is 9.97 Å². The molecular weight excluding hydrogens is 320 g/mol. The molecule has 0 bridgehead atoms. The van der Waals surface area contributed by atoms with E-state index < -0.39 is 0 Å². The molecule has 4 heteroatoms. The van der Waals surface area contributed by atoms with Crippen LogP contribution in [0.3, 0.4) is 0 Å². The number of aromatic nitrogens is 2. The lowest BCUT2D eigenvalue weighted by Crippen LogP contribution is -2.09. The molecule has 2 aromatic carbocycles. The van der Waals surface area contributed by atoms with E-state index in [-0.39, 0.29) is 0 Å².